The third kappa shape index (κ3) is 4.45. The minimum absolute atomic E-state index is 0.0228. The van der Waals surface area contributed by atoms with Gasteiger partial charge in [0.25, 0.3) is 0 Å². The van der Waals surface area contributed by atoms with Crippen molar-refractivity contribution < 1.29 is 9.90 Å². The molecule has 1 heterocycles. The molecule has 3 rings (SSSR count). The van der Waals surface area contributed by atoms with E-state index in [2.05, 4.69) is 27.7 Å². The molecule has 0 radical (unpaired) electrons. The molecule has 1 saturated heterocycles. The standard InChI is InChI=1S/C18H27N3O2/c22-17(19-14-18(23)9-6-10-18)20-16(13-21-11-4-5-12-21)15-7-2-1-3-8-15/h1-3,7-8,16,23H,4-6,9-14H2,(H2,19,20,22)/t16-/m1/s1. The van der Waals surface area contributed by atoms with Crippen LogP contribution < -0.4 is 10.6 Å². The average Bonchev–Trinajstić information content (AvgIpc) is 3.04. The van der Waals surface area contributed by atoms with Gasteiger partial charge in [0.1, 0.15) is 0 Å². The molecule has 1 aliphatic heterocycles. The number of nitrogens with one attached hydrogen (secondary N) is 2. The average molecular weight is 317 g/mol. The van der Waals surface area contributed by atoms with Crippen molar-refractivity contribution in [3.05, 3.63) is 35.9 Å². The van der Waals surface area contributed by atoms with Gasteiger partial charge in [-0.05, 0) is 50.8 Å². The Kier molecular flexibility index (Phi) is 5.18. The van der Waals surface area contributed by atoms with Crippen molar-refractivity contribution in [1.82, 2.24) is 15.5 Å². The van der Waals surface area contributed by atoms with Crippen molar-refractivity contribution in [2.45, 2.75) is 43.7 Å². The molecule has 23 heavy (non-hydrogen) atoms. The summed E-state index contributed by atoms with van der Waals surface area (Å²) in [4.78, 5) is 14.6. The van der Waals surface area contributed by atoms with E-state index >= 15 is 0 Å². The highest BCUT2D eigenvalue weighted by Gasteiger charge is 2.34. The van der Waals surface area contributed by atoms with Crippen LogP contribution >= 0.6 is 0 Å². The van der Waals surface area contributed by atoms with E-state index in [0.717, 1.165) is 44.5 Å². The van der Waals surface area contributed by atoms with E-state index in [9.17, 15) is 9.90 Å². The monoisotopic (exact) mass is 317 g/mol. The third-order valence-corrected chi connectivity index (χ3v) is 5.01. The second-order valence-electron chi connectivity index (χ2n) is 6.88. The maximum absolute atomic E-state index is 12.2. The Morgan fingerprint density at radius 2 is 1.87 bits per heavy atom. The topological polar surface area (TPSA) is 64.6 Å². The van der Waals surface area contributed by atoms with Gasteiger partial charge in [-0.25, -0.2) is 4.79 Å². The summed E-state index contributed by atoms with van der Waals surface area (Å²) >= 11 is 0. The molecule has 1 aliphatic carbocycles. The Morgan fingerprint density at radius 3 is 2.48 bits per heavy atom. The Bertz CT molecular complexity index is 510. The second kappa shape index (κ2) is 7.32. The van der Waals surface area contributed by atoms with Crippen molar-refractivity contribution in [2.24, 2.45) is 0 Å². The van der Waals surface area contributed by atoms with E-state index in [1.807, 2.05) is 18.2 Å². The number of aliphatic hydroxyl groups is 1. The van der Waals surface area contributed by atoms with Gasteiger partial charge in [0.15, 0.2) is 0 Å². The first-order valence-corrected chi connectivity index (χ1v) is 8.69. The predicted molar refractivity (Wildman–Crippen MR) is 90.2 cm³/mol. The van der Waals surface area contributed by atoms with Crippen LogP contribution in [0, 0.1) is 0 Å². The molecule has 1 saturated carbocycles. The molecule has 126 valence electrons. The summed E-state index contributed by atoms with van der Waals surface area (Å²) < 4.78 is 0. The van der Waals surface area contributed by atoms with Gasteiger partial charge >= 0.3 is 6.03 Å². The molecule has 1 atom stereocenters. The summed E-state index contributed by atoms with van der Waals surface area (Å²) in [6.45, 7) is 3.38. The summed E-state index contributed by atoms with van der Waals surface area (Å²) in [6, 6.07) is 9.89. The van der Waals surface area contributed by atoms with Gasteiger partial charge in [-0.2, -0.15) is 0 Å². The minimum Gasteiger partial charge on any atom is -0.388 e. The number of hydrogen-bond acceptors (Lipinski definition) is 3. The summed E-state index contributed by atoms with van der Waals surface area (Å²) in [5.41, 5.74) is 0.436. The van der Waals surface area contributed by atoms with Crippen LogP contribution in [0.15, 0.2) is 30.3 Å². The van der Waals surface area contributed by atoms with Crippen LogP contribution in [-0.2, 0) is 0 Å². The van der Waals surface area contributed by atoms with Crippen molar-refractivity contribution in [1.29, 1.82) is 0 Å². The zero-order chi connectivity index (χ0) is 16.1. The first kappa shape index (κ1) is 16.3. The maximum atomic E-state index is 12.2. The van der Waals surface area contributed by atoms with Crippen LogP contribution in [0.25, 0.3) is 0 Å². The lowest BCUT2D eigenvalue weighted by Gasteiger charge is -2.36. The molecule has 0 aromatic heterocycles. The smallest absolute Gasteiger partial charge is 0.315 e. The molecule has 0 unspecified atom stereocenters. The fraction of sp³-hybridized carbons (Fsp3) is 0.611. The zero-order valence-corrected chi connectivity index (χ0v) is 13.6. The number of carbonyl (C=O) groups excluding carboxylic acids is 1. The van der Waals surface area contributed by atoms with Gasteiger partial charge in [0.05, 0.1) is 11.6 Å². The van der Waals surface area contributed by atoms with Crippen LogP contribution in [-0.4, -0.2) is 47.8 Å². The number of hydrogen-bond donors (Lipinski definition) is 3. The molecule has 3 N–H and O–H groups in total. The van der Waals surface area contributed by atoms with Crippen LogP contribution in [0.4, 0.5) is 4.79 Å². The van der Waals surface area contributed by atoms with E-state index in [1.165, 1.54) is 12.8 Å². The molecule has 2 amide bonds. The lowest BCUT2D eigenvalue weighted by Crippen LogP contribution is -2.51. The largest absolute Gasteiger partial charge is 0.388 e. The highest BCUT2D eigenvalue weighted by Crippen LogP contribution is 2.30. The molecule has 5 heteroatoms. The number of likely N-dealkylation sites (tertiary alicyclic amines) is 1. The fourth-order valence-corrected chi connectivity index (χ4v) is 3.36. The Labute approximate surface area is 138 Å². The van der Waals surface area contributed by atoms with Crippen LogP contribution in [0.5, 0.6) is 0 Å². The van der Waals surface area contributed by atoms with E-state index < -0.39 is 5.60 Å². The van der Waals surface area contributed by atoms with Crippen LogP contribution in [0.3, 0.4) is 0 Å². The number of amides is 2. The van der Waals surface area contributed by atoms with Crippen molar-refractivity contribution in [2.75, 3.05) is 26.2 Å². The molecular weight excluding hydrogens is 290 g/mol. The highest BCUT2D eigenvalue weighted by atomic mass is 16.3. The molecule has 2 aliphatic rings. The number of carbonyl (C=O) groups is 1. The Balaban J connectivity index is 1.57. The molecule has 1 aromatic carbocycles. The summed E-state index contributed by atoms with van der Waals surface area (Å²) in [5.74, 6) is 0. The fourth-order valence-electron chi connectivity index (χ4n) is 3.36. The SMILES string of the molecule is O=C(NCC1(O)CCC1)N[C@H](CN1CCCC1)c1ccccc1. The van der Waals surface area contributed by atoms with E-state index in [1.54, 1.807) is 0 Å². The van der Waals surface area contributed by atoms with Crippen molar-refractivity contribution in [3.63, 3.8) is 0 Å². The van der Waals surface area contributed by atoms with E-state index in [-0.39, 0.29) is 12.1 Å². The van der Waals surface area contributed by atoms with E-state index in [4.69, 9.17) is 0 Å². The second-order valence-corrected chi connectivity index (χ2v) is 6.88. The number of rotatable bonds is 6. The van der Waals surface area contributed by atoms with Crippen LogP contribution in [0.2, 0.25) is 0 Å². The summed E-state index contributed by atoms with van der Waals surface area (Å²) in [5, 5.41) is 16.0. The molecule has 2 fully saturated rings. The molecule has 5 nitrogen and oxygen atoms in total. The van der Waals surface area contributed by atoms with Gasteiger partial charge in [-0.3, -0.25) is 0 Å². The maximum Gasteiger partial charge on any atom is 0.315 e. The molecular formula is C18H27N3O2. The van der Waals surface area contributed by atoms with Gasteiger partial charge < -0.3 is 20.6 Å². The molecule has 1 aromatic rings. The van der Waals surface area contributed by atoms with Crippen molar-refractivity contribution in [3.8, 4) is 0 Å². The van der Waals surface area contributed by atoms with E-state index in [0.29, 0.717) is 6.54 Å². The van der Waals surface area contributed by atoms with Crippen molar-refractivity contribution >= 4 is 6.03 Å². The minimum atomic E-state index is -0.686. The van der Waals surface area contributed by atoms with Gasteiger partial charge in [-0.15, -0.1) is 0 Å². The number of benzene rings is 1. The quantitative estimate of drug-likeness (QED) is 0.752. The Hall–Kier alpha value is -1.59. The zero-order valence-electron chi connectivity index (χ0n) is 13.6. The van der Waals surface area contributed by atoms with Crippen LogP contribution in [0.1, 0.15) is 43.7 Å². The summed E-state index contributed by atoms with van der Waals surface area (Å²) in [6.07, 6.45) is 5.08. The molecule has 0 bridgehead atoms. The highest BCUT2D eigenvalue weighted by molar-refractivity contribution is 5.74. The molecule has 0 spiro atoms. The number of nitrogens with zero attached hydrogens (tertiary/aromatic N) is 1. The third-order valence-electron chi connectivity index (χ3n) is 5.01. The Morgan fingerprint density at radius 1 is 1.17 bits per heavy atom. The van der Waals surface area contributed by atoms with Gasteiger partial charge in [0.2, 0.25) is 0 Å². The lowest BCUT2D eigenvalue weighted by molar-refractivity contribution is -0.0290. The first-order valence-electron chi connectivity index (χ1n) is 8.69. The normalized spacial score (nSPS) is 21.4. The lowest BCUT2D eigenvalue weighted by atomic mass is 9.80. The van der Waals surface area contributed by atoms with Gasteiger partial charge in [-0.1, -0.05) is 30.3 Å². The first-order chi connectivity index (χ1) is 11.1. The predicted octanol–water partition coefficient (Wildman–Crippen LogP) is 2.04. The van der Waals surface area contributed by atoms with Gasteiger partial charge in [0, 0.05) is 13.1 Å². The number of urea groups is 1. The summed E-state index contributed by atoms with van der Waals surface area (Å²) in [7, 11) is 0.